The summed E-state index contributed by atoms with van der Waals surface area (Å²) in [4.78, 5) is 0. The van der Waals surface area contributed by atoms with E-state index in [1.165, 1.54) is 0 Å². The second-order valence-electron chi connectivity index (χ2n) is 3.53. The van der Waals surface area contributed by atoms with Crippen molar-refractivity contribution in [1.29, 1.82) is 5.41 Å². The highest BCUT2D eigenvalue weighted by molar-refractivity contribution is 6.10. The summed E-state index contributed by atoms with van der Waals surface area (Å²) in [7, 11) is 0. The molecule has 0 amide bonds. The Labute approximate surface area is 95.6 Å². The van der Waals surface area contributed by atoms with Crippen LogP contribution in [0.5, 0.6) is 0 Å². The van der Waals surface area contributed by atoms with Crippen LogP contribution in [0.3, 0.4) is 0 Å². The zero-order valence-corrected chi connectivity index (χ0v) is 8.98. The van der Waals surface area contributed by atoms with Gasteiger partial charge in [-0.2, -0.15) is 0 Å². The van der Waals surface area contributed by atoms with Gasteiger partial charge < -0.3 is 5.41 Å². The van der Waals surface area contributed by atoms with Gasteiger partial charge in [0.15, 0.2) is 0 Å². The molecule has 0 saturated carbocycles. The van der Waals surface area contributed by atoms with Crippen LogP contribution in [0.15, 0.2) is 67.3 Å². The minimum atomic E-state index is 0.458. The van der Waals surface area contributed by atoms with E-state index in [0.29, 0.717) is 5.71 Å². The zero-order valence-electron chi connectivity index (χ0n) is 8.98. The minimum absolute atomic E-state index is 0.458. The molecule has 16 heavy (non-hydrogen) atoms. The average molecular weight is 207 g/mol. The molecule has 0 aliphatic carbocycles. The summed E-state index contributed by atoms with van der Waals surface area (Å²) in [5.41, 5.74) is 3.58. The van der Waals surface area contributed by atoms with Gasteiger partial charge in [0.2, 0.25) is 0 Å². The molecule has 0 aliphatic rings. The van der Waals surface area contributed by atoms with E-state index < -0.39 is 0 Å². The van der Waals surface area contributed by atoms with Gasteiger partial charge >= 0.3 is 0 Å². The predicted molar refractivity (Wildman–Crippen MR) is 68.9 cm³/mol. The van der Waals surface area contributed by atoms with Gasteiger partial charge in [0.25, 0.3) is 0 Å². The lowest BCUT2D eigenvalue weighted by molar-refractivity contribution is 1.49. The molecular formula is C15H13N. The number of hydrogen-bond acceptors (Lipinski definition) is 1. The van der Waals surface area contributed by atoms with Crippen molar-refractivity contribution in [3.63, 3.8) is 0 Å². The predicted octanol–water partition coefficient (Wildman–Crippen LogP) is 3.91. The van der Waals surface area contributed by atoms with Crippen LogP contribution in [0, 0.1) is 5.41 Å². The average Bonchev–Trinajstić information content (AvgIpc) is 2.39. The highest BCUT2D eigenvalue weighted by atomic mass is 14.4. The first kappa shape index (κ1) is 10.4. The summed E-state index contributed by atoms with van der Waals surface area (Å²) in [6.45, 7) is 3.65. The molecule has 0 atom stereocenters. The van der Waals surface area contributed by atoms with Crippen LogP contribution in [0.1, 0.15) is 5.56 Å². The molecule has 1 N–H and O–H groups in total. The molecule has 0 spiro atoms. The molecule has 2 rings (SSSR count). The first-order valence-corrected chi connectivity index (χ1v) is 5.18. The van der Waals surface area contributed by atoms with Gasteiger partial charge in [0, 0.05) is 5.56 Å². The zero-order chi connectivity index (χ0) is 11.4. The van der Waals surface area contributed by atoms with Gasteiger partial charge in [0.05, 0.1) is 5.71 Å². The quantitative estimate of drug-likeness (QED) is 0.738. The monoisotopic (exact) mass is 207 g/mol. The van der Waals surface area contributed by atoms with Crippen molar-refractivity contribution >= 4 is 5.71 Å². The van der Waals surface area contributed by atoms with Crippen molar-refractivity contribution in [2.45, 2.75) is 0 Å². The number of rotatable bonds is 3. The molecule has 0 heterocycles. The van der Waals surface area contributed by atoms with Crippen LogP contribution in [-0.4, -0.2) is 5.71 Å². The highest BCUT2D eigenvalue weighted by Crippen LogP contribution is 2.23. The maximum Gasteiger partial charge on any atom is 0.0612 e. The Morgan fingerprint density at radius 2 is 1.56 bits per heavy atom. The lowest BCUT2D eigenvalue weighted by Crippen LogP contribution is -1.96. The van der Waals surface area contributed by atoms with E-state index in [1.54, 1.807) is 6.08 Å². The highest BCUT2D eigenvalue weighted by Gasteiger charge is 2.05. The fourth-order valence-electron chi connectivity index (χ4n) is 1.70. The summed E-state index contributed by atoms with van der Waals surface area (Å²) < 4.78 is 0. The molecule has 2 aromatic rings. The Morgan fingerprint density at radius 1 is 0.938 bits per heavy atom. The number of benzene rings is 2. The molecule has 0 fully saturated rings. The van der Waals surface area contributed by atoms with Crippen molar-refractivity contribution in [3.05, 3.63) is 72.8 Å². The number of allylic oxidation sites excluding steroid dienone is 1. The Balaban J connectivity index is 2.57. The maximum absolute atomic E-state index is 7.85. The third kappa shape index (κ3) is 1.94. The SMILES string of the molecule is C=CC(=N)c1ccccc1-c1ccccc1. The maximum atomic E-state index is 7.85. The van der Waals surface area contributed by atoms with E-state index in [2.05, 4.69) is 18.7 Å². The first-order valence-electron chi connectivity index (χ1n) is 5.18. The van der Waals surface area contributed by atoms with Gasteiger partial charge in [0.1, 0.15) is 0 Å². The van der Waals surface area contributed by atoms with Crippen LogP contribution >= 0.6 is 0 Å². The fraction of sp³-hybridized carbons (Fsp3) is 0. The van der Waals surface area contributed by atoms with Gasteiger partial charge in [-0.1, -0.05) is 61.2 Å². The molecule has 78 valence electrons. The van der Waals surface area contributed by atoms with Crippen molar-refractivity contribution in [2.24, 2.45) is 0 Å². The molecule has 1 heteroatoms. The van der Waals surface area contributed by atoms with Crippen molar-refractivity contribution in [3.8, 4) is 11.1 Å². The van der Waals surface area contributed by atoms with Gasteiger partial charge in [-0.05, 0) is 17.2 Å². The molecule has 0 unspecified atom stereocenters. The Hall–Kier alpha value is -2.15. The summed E-state index contributed by atoms with van der Waals surface area (Å²) in [6, 6.07) is 18.0. The lowest BCUT2D eigenvalue weighted by Gasteiger charge is -2.08. The van der Waals surface area contributed by atoms with Crippen LogP contribution in [0.4, 0.5) is 0 Å². The lowest BCUT2D eigenvalue weighted by atomic mass is 9.97. The summed E-state index contributed by atoms with van der Waals surface area (Å²) in [5.74, 6) is 0. The molecule has 0 aliphatic heterocycles. The second-order valence-corrected chi connectivity index (χ2v) is 3.53. The van der Waals surface area contributed by atoms with Crippen molar-refractivity contribution < 1.29 is 0 Å². The van der Waals surface area contributed by atoms with Gasteiger partial charge in [-0.25, -0.2) is 0 Å². The second kappa shape index (κ2) is 4.58. The molecule has 2 aromatic carbocycles. The van der Waals surface area contributed by atoms with E-state index in [0.717, 1.165) is 16.7 Å². The van der Waals surface area contributed by atoms with Crippen LogP contribution in [0.25, 0.3) is 11.1 Å². The fourth-order valence-corrected chi connectivity index (χ4v) is 1.70. The molecular weight excluding hydrogens is 194 g/mol. The Kier molecular flexibility index (Phi) is 2.97. The topological polar surface area (TPSA) is 23.9 Å². The van der Waals surface area contributed by atoms with E-state index >= 15 is 0 Å². The van der Waals surface area contributed by atoms with Gasteiger partial charge in [-0.15, -0.1) is 0 Å². The smallest absolute Gasteiger partial charge is 0.0612 e. The van der Waals surface area contributed by atoms with Crippen LogP contribution in [0.2, 0.25) is 0 Å². The molecule has 0 aromatic heterocycles. The Morgan fingerprint density at radius 3 is 2.25 bits per heavy atom. The number of hydrogen-bond donors (Lipinski definition) is 1. The van der Waals surface area contributed by atoms with Crippen LogP contribution < -0.4 is 0 Å². The van der Waals surface area contributed by atoms with Crippen molar-refractivity contribution in [2.75, 3.05) is 0 Å². The van der Waals surface area contributed by atoms with E-state index in [1.807, 2.05) is 42.5 Å². The number of nitrogens with one attached hydrogen (secondary N) is 1. The van der Waals surface area contributed by atoms with E-state index in [9.17, 15) is 0 Å². The Bertz CT molecular complexity index is 512. The molecule has 0 bridgehead atoms. The molecule has 0 radical (unpaired) electrons. The van der Waals surface area contributed by atoms with Crippen LogP contribution in [-0.2, 0) is 0 Å². The van der Waals surface area contributed by atoms with E-state index in [4.69, 9.17) is 5.41 Å². The standard InChI is InChI=1S/C15H13N/c1-2-15(16)14-11-7-6-10-13(14)12-8-4-3-5-9-12/h2-11,16H,1H2. The first-order chi connectivity index (χ1) is 7.83. The third-order valence-electron chi connectivity index (χ3n) is 2.51. The van der Waals surface area contributed by atoms with Gasteiger partial charge in [-0.3, -0.25) is 0 Å². The normalized spacial score (nSPS) is 9.75. The molecule has 0 saturated heterocycles. The van der Waals surface area contributed by atoms with E-state index in [-0.39, 0.29) is 0 Å². The minimum Gasteiger partial charge on any atom is -0.300 e. The summed E-state index contributed by atoms with van der Waals surface area (Å²) >= 11 is 0. The molecule has 1 nitrogen and oxygen atoms in total. The third-order valence-corrected chi connectivity index (χ3v) is 2.51. The summed E-state index contributed by atoms with van der Waals surface area (Å²) in [5, 5.41) is 7.85. The van der Waals surface area contributed by atoms with Crippen molar-refractivity contribution in [1.82, 2.24) is 0 Å². The summed E-state index contributed by atoms with van der Waals surface area (Å²) in [6.07, 6.45) is 1.57. The largest absolute Gasteiger partial charge is 0.300 e.